The van der Waals surface area contributed by atoms with E-state index in [0.717, 1.165) is 32.1 Å². The zero-order chi connectivity index (χ0) is 15.3. The maximum Gasteiger partial charge on any atom is 0.356 e. The van der Waals surface area contributed by atoms with Gasteiger partial charge >= 0.3 is 5.97 Å². The van der Waals surface area contributed by atoms with Gasteiger partial charge in [-0.2, -0.15) is 0 Å². The Bertz CT molecular complexity index is 626. The number of carbonyl (C=O) groups is 2. The second-order valence-electron chi connectivity index (χ2n) is 6.37. The van der Waals surface area contributed by atoms with Gasteiger partial charge < -0.3 is 15.2 Å². The molecule has 0 radical (unpaired) electrons. The number of hydrogen-bond donors (Lipinski definition) is 2. The van der Waals surface area contributed by atoms with Crippen LogP contribution in [0.3, 0.4) is 0 Å². The molecule has 7 heteroatoms. The number of hydrogen-bond acceptors (Lipinski definition) is 5. The molecule has 116 valence electrons. The van der Waals surface area contributed by atoms with Gasteiger partial charge in [0.1, 0.15) is 5.69 Å². The minimum atomic E-state index is -1.15. The molecule has 3 unspecified atom stereocenters. The van der Waals surface area contributed by atoms with Crippen molar-refractivity contribution >= 4 is 11.9 Å². The van der Waals surface area contributed by atoms with Crippen molar-refractivity contribution in [3.8, 4) is 0 Å². The second-order valence-corrected chi connectivity index (χ2v) is 6.37. The zero-order valence-electron chi connectivity index (χ0n) is 12.0. The Balaban J connectivity index is 1.48. The van der Waals surface area contributed by atoms with Gasteiger partial charge in [-0.05, 0) is 19.3 Å². The summed E-state index contributed by atoms with van der Waals surface area (Å²) in [6.07, 6.45) is 7.00. The van der Waals surface area contributed by atoms with Crippen LogP contribution in [-0.2, 0) is 4.74 Å². The molecule has 0 aromatic carbocycles. The van der Waals surface area contributed by atoms with E-state index in [1.54, 1.807) is 0 Å². The third-order valence-electron chi connectivity index (χ3n) is 5.43. The van der Waals surface area contributed by atoms with Crippen LogP contribution in [0.15, 0.2) is 12.4 Å². The van der Waals surface area contributed by atoms with Crippen LogP contribution >= 0.6 is 0 Å². The molecular formula is C15H17N3O4. The van der Waals surface area contributed by atoms with Crippen LogP contribution in [0.2, 0.25) is 0 Å². The van der Waals surface area contributed by atoms with Crippen LogP contribution in [-0.4, -0.2) is 45.7 Å². The van der Waals surface area contributed by atoms with Gasteiger partial charge in [0.25, 0.3) is 5.91 Å². The fraction of sp³-hybridized carbons (Fsp3) is 0.600. The lowest BCUT2D eigenvalue weighted by Gasteiger charge is -2.63. The number of aromatic nitrogens is 2. The molecule has 4 rings (SSSR count). The molecule has 7 nitrogen and oxygen atoms in total. The number of ether oxygens (including phenoxy) is 1. The predicted octanol–water partition coefficient (Wildman–Crippen LogP) is 0.862. The van der Waals surface area contributed by atoms with Crippen LogP contribution < -0.4 is 5.32 Å². The van der Waals surface area contributed by atoms with Crippen LogP contribution in [0.1, 0.15) is 46.7 Å². The second kappa shape index (κ2) is 4.74. The van der Waals surface area contributed by atoms with Crippen molar-refractivity contribution < 1.29 is 19.4 Å². The predicted molar refractivity (Wildman–Crippen MR) is 74.4 cm³/mol. The SMILES string of the molecule is O=C(O)c1cnc(C(=O)NC2C3CCOC3C23CCC3)cn1. The summed E-state index contributed by atoms with van der Waals surface area (Å²) in [5.41, 5.74) is 0.104. The fourth-order valence-electron chi connectivity index (χ4n) is 4.23. The molecule has 1 saturated heterocycles. The molecule has 1 amide bonds. The Morgan fingerprint density at radius 3 is 2.59 bits per heavy atom. The number of carboxylic acid groups (broad SMARTS) is 1. The molecule has 2 heterocycles. The van der Waals surface area contributed by atoms with Crippen molar-refractivity contribution in [1.29, 1.82) is 0 Å². The number of nitrogens with zero attached hydrogens (tertiary/aromatic N) is 2. The Morgan fingerprint density at radius 1 is 1.27 bits per heavy atom. The summed E-state index contributed by atoms with van der Waals surface area (Å²) in [5, 5.41) is 11.9. The van der Waals surface area contributed by atoms with Crippen LogP contribution in [0, 0.1) is 11.3 Å². The highest BCUT2D eigenvalue weighted by atomic mass is 16.5. The quantitative estimate of drug-likeness (QED) is 0.859. The normalized spacial score (nSPS) is 31.0. The lowest BCUT2D eigenvalue weighted by Crippen LogP contribution is -2.71. The molecule has 1 aromatic rings. The fourth-order valence-corrected chi connectivity index (χ4v) is 4.23. The number of amides is 1. The van der Waals surface area contributed by atoms with E-state index in [1.807, 2.05) is 0 Å². The van der Waals surface area contributed by atoms with E-state index in [2.05, 4.69) is 15.3 Å². The van der Waals surface area contributed by atoms with E-state index in [9.17, 15) is 9.59 Å². The molecule has 3 atom stereocenters. The van der Waals surface area contributed by atoms with Crippen molar-refractivity contribution in [2.24, 2.45) is 11.3 Å². The first kappa shape index (κ1) is 13.6. The summed E-state index contributed by atoms with van der Waals surface area (Å²) >= 11 is 0. The summed E-state index contributed by atoms with van der Waals surface area (Å²) in [6.45, 7) is 0.774. The summed E-state index contributed by atoms with van der Waals surface area (Å²) in [5.74, 6) is -1.04. The maximum atomic E-state index is 12.3. The van der Waals surface area contributed by atoms with Gasteiger partial charge in [-0.1, -0.05) is 6.42 Å². The number of nitrogens with one attached hydrogen (secondary N) is 1. The molecule has 1 aliphatic heterocycles. The standard InChI is InChI=1S/C15H17N3O4/c19-13(9-6-17-10(7-16-9)14(20)21)18-11-8-2-5-22-12(8)15(11)3-1-4-15/h6-8,11-12H,1-5H2,(H,18,19)(H,20,21). The van der Waals surface area contributed by atoms with Crippen molar-refractivity contribution in [3.05, 3.63) is 23.8 Å². The molecule has 1 aromatic heterocycles. The van der Waals surface area contributed by atoms with E-state index >= 15 is 0 Å². The zero-order valence-corrected chi connectivity index (χ0v) is 12.0. The lowest BCUT2D eigenvalue weighted by molar-refractivity contribution is -0.172. The highest BCUT2D eigenvalue weighted by Gasteiger charge is 2.66. The summed E-state index contributed by atoms with van der Waals surface area (Å²) in [6, 6.07) is 0.141. The number of rotatable bonds is 3. The first-order valence-corrected chi connectivity index (χ1v) is 7.60. The molecule has 1 spiro atoms. The molecule has 2 N–H and O–H groups in total. The Labute approximate surface area is 127 Å². The third kappa shape index (κ3) is 1.78. The average Bonchev–Trinajstić information content (AvgIpc) is 2.88. The van der Waals surface area contributed by atoms with Gasteiger partial charge in [0.15, 0.2) is 5.69 Å². The topological polar surface area (TPSA) is 101 Å². The first-order valence-electron chi connectivity index (χ1n) is 7.60. The first-order chi connectivity index (χ1) is 10.6. The van der Waals surface area contributed by atoms with Gasteiger partial charge in [-0.3, -0.25) is 4.79 Å². The van der Waals surface area contributed by atoms with Gasteiger partial charge in [-0.25, -0.2) is 14.8 Å². The molecular weight excluding hydrogens is 286 g/mol. The summed E-state index contributed by atoms with van der Waals surface area (Å²) in [7, 11) is 0. The van der Waals surface area contributed by atoms with Crippen LogP contribution in [0.25, 0.3) is 0 Å². The van der Waals surface area contributed by atoms with Crippen molar-refractivity contribution in [1.82, 2.24) is 15.3 Å². The Hall–Kier alpha value is -2.02. The minimum Gasteiger partial charge on any atom is -0.476 e. The monoisotopic (exact) mass is 303 g/mol. The molecule has 2 saturated carbocycles. The minimum absolute atomic E-state index is 0.116. The van der Waals surface area contributed by atoms with Gasteiger partial charge in [0.2, 0.25) is 0 Å². The molecule has 0 bridgehead atoms. The van der Waals surface area contributed by atoms with Crippen molar-refractivity contribution in [2.75, 3.05) is 6.61 Å². The molecule has 22 heavy (non-hydrogen) atoms. The Kier molecular flexibility index (Phi) is 2.94. The van der Waals surface area contributed by atoms with Crippen LogP contribution in [0.4, 0.5) is 0 Å². The highest BCUT2D eigenvalue weighted by molar-refractivity contribution is 5.93. The largest absolute Gasteiger partial charge is 0.476 e. The maximum absolute atomic E-state index is 12.3. The number of carbonyl (C=O) groups excluding carboxylic acids is 1. The van der Waals surface area contributed by atoms with E-state index in [-0.39, 0.29) is 28.8 Å². The summed E-state index contributed by atoms with van der Waals surface area (Å²) < 4.78 is 5.82. The lowest BCUT2D eigenvalue weighted by atomic mass is 9.46. The third-order valence-corrected chi connectivity index (χ3v) is 5.43. The molecule has 3 fully saturated rings. The van der Waals surface area contributed by atoms with E-state index in [4.69, 9.17) is 9.84 Å². The smallest absolute Gasteiger partial charge is 0.356 e. The van der Waals surface area contributed by atoms with E-state index in [1.165, 1.54) is 12.6 Å². The van der Waals surface area contributed by atoms with Gasteiger partial charge in [0, 0.05) is 24.0 Å². The molecule has 2 aliphatic carbocycles. The van der Waals surface area contributed by atoms with E-state index < -0.39 is 5.97 Å². The van der Waals surface area contributed by atoms with Crippen molar-refractivity contribution in [3.63, 3.8) is 0 Å². The Morgan fingerprint density at radius 2 is 2.00 bits per heavy atom. The number of aromatic carboxylic acids is 1. The highest BCUT2D eigenvalue weighted by Crippen LogP contribution is 2.62. The molecule has 3 aliphatic rings. The van der Waals surface area contributed by atoms with Gasteiger partial charge in [0.05, 0.1) is 18.5 Å². The average molecular weight is 303 g/mol. The van der Waals surface area contributed by atoms with Gasteiger partial charge in [-0.15, -0.1) is 0 Å². The number of fused-ring (bicyclic) bond motifs is 2. The number of carboxylic acids is 1. The summed E-state index contributed by atoms with van der Waals surface area (Å²) in [4.78, 5) is 30.7. The van der Waals surface area contributed by atoms with E-state index in [0.29, 0.717) is 12.0 Å². The van der Waals surface area contributed by atoms with Crippen molar-refractivity contribution in [2.45, 2.75) is 37.8 Å². The van der Waals surface area contributed by atoms with Crippen LogP contribution in [0.5, 0.6) is 0 Å².